The van der Waals surface area contributed by atoms with Crippen LogP contribution in [0.25, 0.3) is 0 Å². The Labute approximate surface area is 105 Å². The van der Waals surface area contributed by atoms with E-state index in [4.69, 9.17) is 4.74 Å². The maximum atomic E-state index is 13.2. The quantitative estimate of drug-likeness (QED) is 0.827. The number of anilines is 1. The van der Waals surface area contributed by atoms with Crippen molar-refractivity contribution in [3.8, 4) is 5.75 Å². The van der Waals surface area contributed by atoms with Crippen molar-refractivity contribution in [1.29, 1.82) is 0 Å². The first-order chi connectivity index (χ1) is 8.67. The highest BCUT2D eigenvalue weighted by molar-refractivity contribution is 5.59. The van der Waals surface area contributed by atoms with Crippen LogP contribution in [0.1, 0.15) is 12.5 Å². The van der Waals surface area contributed by atoms with Gasteiger partial charge in [-0.1, -0.05) is 30.3 Å². The topological polar surface area (TPSA) is 21.3 Å². The maximum absolute atomic E-state index is 13.2. The van der Waals surface area contributed by atoms with Crippen molar-refractivity contribution in [1.82, 2.24) is 0 Å². The molecule has 0 saturated carbocycles. The van der Waals surface area contributed by atoms with E-state index in [-0.39, 0.29) is 5.82 Å². The maximum Gasteiger partial charge on any atom is 0.148 e. The molecule has 1 N–H and O–H groups in total. The molecular weight excluding hydrogens is 229 g/mol. The van der Waals surface area contributed by atoms with Gasteiger partial charge in [0.05, 0.1) is 12.2 Å². The molecule has 0 radical (unpaired) electrons. The minimum absolute atomic E-state index is 0.284. The molecule has 0 saturated heterocycles. The van der Waals surface area contributed by atoms with Gasteiger partial charge in [-0.2, -0.15) is 0 Å². The van der Waals surface area contributed by atoms with Crippen LogP contribution < -0.4 is 10.1 Å². The van der Waals surface area contributed by atoms with Gasteiger partial charge in [-0.25, -0.2) is 4.39 Å². The molecule has 2 aromatic carbocycles. The molecule has 0 spiro atoms. The number of nitrogens with one attached hydrogen (secondary N) is 1. The summed E-state index contributed by atoms with van der Waals surface area (Å²) in [6.07, 6.45) is 0. The van der Waals surface area contributed by atoms with Crippen LogP contribution in [0.5, 0.6) is 5.75 Å². The Bertz CT molecular complexity index is 570. The van der Waals surface area contributed by atoms with E-state index in [1.807, 2.05) is 37.3 Å². The van der Waals surface area contributed by atoms with Gasteiger partial charge < -0.3 is 10.1 Å². The van der Waals surface area contributed by atoms with E-state index in [1.165, 1.54) is 12.1 Å². The van der Waals surface area contributed by atoms with Gasteiger partial charge in [0.1, 0.15) is 17.2 Å². The fourth-order valence-electron chi connectivity index (χ4n) is 2.22. The molecule has 2 nitrogen and oxygen atoms in total. The molecular formula is C15H14FNO. The van der Waals surface area contributed by atoms with Crippen molar-refractivity contribution in [2.45, 2.75) is 12.5 Å². The zero-order valence-electron chi connectivity index (χ0n) is 10.1. The minimum atomic E-state index is -0.470. The summed E-state index contributed by atoms with van der Waals surface area (Å²) in [5.74, 6) is 0.278. The fourth-order valence-corrected chi connectivity index (χ4v) is 2.22. The molecule has 92 valence electrons. The molecule has 1 aliphatic rings. The third kappa shape index (κ3) is 1.82. The van der Waals surface area contributed by atoms with Crippen LogP contribution in [0.3, 0.4) is 0 Å². The second-order valence-corrected chi connectivity index (χ2v) is 4.69. The molecule has 0 bridgehead atoms. The Hall–Kier alpha value is -2.03. The highest BCUT2D eigenvalue weighted by Gasteiger charge is 2.33. The zero-order chi connectivity index (χ0) is 12.6. The predicted octanol–water partition coefficient (Wildman–Crippen LogP) is 3.55. The number of rotatable bonds is 1. The first kappa shape index (κ1) is 11.1. The van der Waals surface area contributed by atoms with Crippen molar-refractivity contribution in [2.75, 3.05) is 11.9 Å². The predicted molar refractivity (Wildman–Crippen MR) is 69.3 cm³/mol. The molecule has 0 fully saturated rings. The lowest BCUT2D eigenvalue weighted by Crippen LogP contribution is -2.40. The van der Waals surface area contributed by atoms with Gasteiger partial charge in [-0.3, -0.25) is 0 Å². The van der Waals surface area contributed by atoms with E-state index < -0.39 is 5.60 Å². The number of ether oxygens (including phenoxy) is 1. The summed E-state index contributed by atoms with van der Waals surface area (Å²) < 4.78 is 19.2. The molecule has 18 heavy (non-hydrogen) atoms. The summed E-state index contributed by atoms with van der Waals surface area (Å²) in [7, 11) is 0. The van der Waals surface area contributed by atoms with E-state index in [9.17, 15) is 4.39 Å². The van der Waals surface area contributed by atoms with E-state index in [1.54, 1.807) is 6.07 Å². The van der Waals surface area contributed by atoms with Gasteiger partial charge in [0.25, 0.3) is 0 Å². The first-order valence-electron chi connectivity index (χ1n) is 5.95. The summed E-state index contributed by atoms with van der Waals surface area (Å²) in [4.78, 5) is 0. The Balaban J connectivity index is 1.99. The molecule has 1 atom stereocenters. The van der Waals surface area contributed by atoms with Gasteiger partial charge in [0, 0.05) is 6.07 Å². The molecule has 2 aromatic rings. The van der Waals surface area contributed by atoms with Crippen LogP contribution >= 0.6 is 0 Å². The van der Waals surface area contributed by atoms with Crippen molar-refractivity contribution >= 4 is 5.69 Å². The summed E-state index contributed by atoms with van der Waals surface area (Å²) >= 11 is 0. The normalized spacial score (nSPS) is 21.7. The third-order valence-corrected chi connectivity index (χ3v) is 3.28. The highest BCUT2D eigenvalue weighted by Crippen LogP contribution is 2.37. The van der Waals surface area contributed by atoms with Gasteiger partial charge in [-0.05, 0) is 24.6 Å². The van der Waals surface area contributed by atoms with Crippen molar-refractivity contribution in [3.63, 3.8) is 0 Å². The zero-order valence-corrected chi connectivity index (χ0v) is 10.1. The Morgan fingerprint density at radius 2 is 1.94 bits per heavy atom. The summed E-state index contributed by atoms with van der Waals surface area (Å²) in [5, 5.41) is 3.29. The number of hydrogen-bond donors (Lipinski definition) is 1. The smallest absolute Gasteiger partial charge is 0.148 e. The summed E-state index contributed by atoms with van der Waals surface area (Å²) in [6, 6.07) is 14.5. The Morgan fingerprint density at radius 1 is 1.17 bits per heavy atom. The molecule has 3 rings (SSSR count). The van der Waals surface area contributed by atoms with E-state index in [2.05, 4.69) is 5.32 Å². The lowest BCUT2D eigenvalue weighted by atomic mass is 9.94. The molecule has 3 heteroatoms. The SMILES string of the molecule is CC1(c2ccccc2)CNc2ccc(F)cc2O1. The average Bonchev–Trinajstić information content (AvgIpc) is 2.39. The van der Waals surface area contributed by atoms with Gasteiger partial charge in [-0.15, -0.1) is 0 Å². The number of halogens is 1. The first-order valence-corrected chi connectivity index (χ1v) is 5.95. The number of fused-ring (bicyclic) bond motifs is 1. The van der Waals surface area contributed by atoms with Gasteiger partial charge >= 0.3 is 0 Å². The Kier molecular flexibility index (Phi) is 2.47. The van der Waals surface area contributed by atoms with Crippen molar-refractivity contribution in [2.24, 2.45) is 0 Å². The van der Waals surface area contributed by atoms with Gasteiger partial charge in [0.15, 0.2) is 0 Å². The van der Waals surface area contributed by atoms with Crippen molar-refractivity contribution in [3.05, 3.63) is 59.9 Å². The molecule has 0 aliphatic carbocycles. The molecule has 0 amide bonds. The molecule has 1 aliphatic heterocycles. The Morgan fingerprint density at radius 3 is 2.72 bits per heavy atom. The van der Waals surface area contributed by atoms with Crippen LogP contribution in [-0.4, -0.2) is 6.54 Å². The van der Waals surface area contributed by atoms with E-state index in [0.29, 0.717) is 12.3 Å². The van der Waals surface area contributed by atoms with Crippen LogP contribution in [0, 0.1) is 5.82 Å². The number of benzene rings is 2. The van der Waals surface area contributed by atoms with E-state index in [0.717, 1.165) is 11.3 Å². The second-order valence-electron chi connectivity index (χ2n) is 4.69. The number of hydrogen-bond acceptors (Lipinski definition) is 2. The molecule has 0 aromatic heterocycles. The van der Waals surface area contributed by atoms with Crippen LogP contribution in [-0.2, 0) is 5.60 Å². The average molecular weight is 243 g/mol. The standard InChI is InChI=1S/C15H14FNO/c1-15(11-5-3-2-4-6-11)10-17-13-8-7-12(16)9-14(13)18-15/h2-9,17H,10H2,1H3. The largest absolute Gasteiger partial charge is 0.479 e. The lowest BCUT2D eigenvalue weighted by molar-refractivity contribution is 0.0935. The minimum Gasteiger partial charge on any atom is -0.479 e. The summed E-state index contributed by atoms with van der Waals surface area (Å²) in [6.45, 7) is 2.67. The monoisotopic (exact) mass is 243 g/mol. The molecule has 1 heterocycles. The van der Waals surface area contributed by atoms with Gasteiger partial charge in [0.2, 0.25) is 0 Å². The fraction of sp³-hybridized carbons (Fsp3) is 0.200. The summed E-state index contributed by atoms with van der Waals surface area (Å²) in [5.41, 5.74) is 1.44. The highest BCUT2D eigenvalue weighted by atomic mass is 19.1. The van der Waals surface area contributed by atoms with Crippen LogP contribution in [0.15, 0.2) is 48.5 Å². The van der Waals surface area contributed by atoms with Crippen molar-refractivity contribution < 1.29 is 9.13 Å². The second kappa shape index (κ2) is 4.02. The third-order valence-electron chi connectivity index (χ3n) is 3.28. The lowest BCUT2D eigenvalue weighted by Gasteiger charge is -2.36. The van der Waals surface area contributed by atoms with Crippen LogP contribution in [0.2, 0.25) is 0 Å². The van der Waals surface area contributed by atoms with E-state index >= 15 is 0 Å². The van der Waals surface area contributed by atoms with Crippen LogP contribution in [0.4, 0.5) is 10.1 Å². The molecule has 1 unspecified atom stereocenters.